The third kappa shape index (κ3) is 2.67. The number of hydrogen-bond acceptors (Lipinski definition) is 6. The van der Waals surface area contributed by atoms with Gasteiger partial charge in [-0.2, -0.15) is 0 Å². The van der Waals surface area contributed by atoms with Crippen LogP contribution in [0.1, 0.15) is 5.56 Å². The molecule has 0 saturated carbocycles. The lowest BCUT2D eigenvalue weighted by atomic mass is 10.2. The molecule has 1 heterocycles. The summed E-state index contributed by atoms with van der Waals surface area (Å²) in [4.78, 5) is 8.01. The molecular formula is C13H16N4O2. The smallest absolute Gasteiger partial charge is 0.204 e. The van der Waals surface area contributed by atoms with E-state index in [1.54, 1.807) is 7.11 Å². The van der Waals surface area contributed by atoms with E-state index in [0.717, 1.165) is 17.0 Å². The zero-order valence-corrected chi connectivity index (χ0v) is 11.1. The molecular weight excluding hydrogens is 244 g/mol. The molecule has 0 fully saturated rings. The summed E-state index contributed by atoms with van der Waals surface area (Å²) in [5.41, 5.74) is 7.66. The van der Waals surface area contributed by atoms with Crippen molar-refractivity contribution in [2.75, 3.05) is 25.3 Å². The molecule has 0 radical (unpaired) electrons. The molecule has 6 nitrogen and oxygen atoms in total. The second kappa shape index (κ2) is 5.43. The average molecular weight is 260 g/mol. The van der Waals surface area contributed by atoms with Gasteiger partial charge in [-0.3, -0.25) is 0 Å². The number of aryl methyl sites for hydroxylation is 1. The second-order valence-electron chi connectivity index (χ2n) is 3.95. The van der Waals surface area contributed by atoms with Crippen LogP contribution in [0.4, 0.5) is 17.3 Å². The van der Waals surface area contributed by atoms with Crippen molar-refractivity contribution in [1.29, 1.82) is 0 Å². The fourth-order valence-electron chi connectivity index (χ4n) is 1.71. The molecule has 0 amide bonds. The first-order valence-corrected chi connectivity index (χ1v) is 5.72. The number of nitrogen functional groups attached to an aromatic ring is 1. The summed E-state index contributed by atoms with van der Waals surface area (Å²) < 4.78 is 10.4. The number of hydrogen-bond donors (Lipinski definition) is 2. The third-order valence-electron chi connectivity index (χ3n) is 2.72. The molecule has 19 heavy (non-hydrogen) atoms. The van der Waals surface area contributed by atoms with Crippen LogP contribution in [-0.2, 0) is 0 Å². The molecule has 0 spiro atoms. The van der Waals surface area contributed by atoms with Crippen LogP contribution >= 0.6 is 0 Å². The SMILES string of the molecule is COc1ccc(Nc2ncnc(N)c2OC)c(C)c1. The van der Waals surface area contributed by atoms with Gasteiger partial charge in [0.05, 0.1) is 14.2 Å². The summed E-state index contributed by atoms with van der Waals surface area (Å²) in [5, 5.41) is 3.17. The molecule has 2 aromatic rings. The van der Waals surface area contributed by atoms with Crippen LogP contribution in [-0.4, -0.2) is 24.2 Å². The molecule has 1 aromatic carbocycles. The van der Waals surface area contributed by atoms with Gasteiger partial charge in [-0.1, -0.05) is 0 Å². The Morgan fingerprint density at radius 3 is 2.58 bits per heavy atom. The van der Waals surface area contributed by atoms with Crippen molar-refractivity contribution in [2.24, 2.45) is 0 Å². The van der Waals surface area contributed by atoms with E-state index in [1.165, 1.54) is 13.4 Å². The third-order valence-corrected chi connectivity index (χ3v) is 2.72. The van der Waals surface area contributed by atoms with Gasteiger partial charge in [-0.25, -0.2) is 9.97 Å². The topological polar surface area (TPSA) is 82.3 Å². The molecule has 0 aliphatic heterocycles. The van der Waals surface area contributed by atoms with Crippen molar-refractivity contribution in [3.8, 4) is 11.5 Å². The Balaban J connectivity index is 2.34. The maximum atomic E-state index is 5.73. The van der Waals surface area contributed by atoms with E-state index in [-0.39, 0.29) is 0 Å². The summed E-state index contributed by atoms with van der Waals surface area (Å²) in [6, 6.07) is 5.71. The molecule has 2 rings (SSSR count). The first-order chi connectivity index (χ1) is 9.15. The Kier molecular flexibility index (Phi) is 3.70. The highest BCUT2D eigenvalue weighted by atomic mass is 16.5. The minimum Gasteiger partial charge on any atom is -0.497 e. The largest absolute Gasteiger partial charge is 0.497 e. The van der Waals surface area contributed by atoms with Crippen molar-refractivity contribution in [1.82, 2.24) is 9.97 Å². The lowest BCUT2D eigenvalue weighted by Gasteiger charge is -2.13. The Bertz CT molecular complexity index is 587. The molecule has 0 saturated heterocycles. The van der Waals surface area contributed by atoms with Gasteiger partial charge in [0.15, 0.2) is 11.6 Å². The number of rotatable bonds is 4. The Hall–Kier alpha value is -2.50. The van der Waals surface area contributed by atoms with E-state index in [9.17, 15) is 0 Å². The van der Waals surface area contributed by atoms with Crippen molar-refractivity contribution in [2.45, 2.75) is 6.92 Å². The lowest BCUT2D eigenvalue weighted by molar-refractivity contribution is 0.414. The van der Waals surface area contributed by atoms with Crippen LogP contribution in [0.15, 0.2) is 24.5 Å². The second-order valence-corrected chi connectivity index (χ2v) is 3.95. The van der Waals surface area contributed by atoms with Crippen molar-refractivity contribution in [3.63, 3.8) is 0 Å². The van der Waals surface area contributed by atoms with Gasteiger partial charge in [-0.15, -0.1) is 0 Å². The minimum absolute atomic E-state index is 0.297. The number of methoxy groups -OCH3 is 2. The van der Waals surface area contributed by atoms with E-state index in [4.69, 9.17) is 15.2 Å². The van der Waals surface area contributed by atoms with Crippen LogP contribution in [0.2, 0.25) is 0 Å². The Morgan fingerprint density at radius 2 is 1.95 bits per heavy atom. The van der Waals surface area contributed by atoms with Gasteiger partial charge >= 0.3 is 0 Å². The molecule has 100 valence electrons. The number of aromatic nitrogens is 2. The maximum absolute atomic E-state index is 5.73. The van der Waals surface area contributed by atoms with Crippen LogP contribution in [0.5, 0.6) is 11.5 Å². The van der Waals surface area contributed by atoms with E-state index in [1.807, 2.05) is 25.1 Å². The van der Waals surface area contributed by atoms with Gasteiger partial charge in [0.1, 0.15) is 12.1 Å². The van der Waals surface area contributed by atoms with E-state index in [0.29, 0.717) is 17.4 Å². The zero-order valence-electron chi connectivity index (χ0n) is 11.1. The van der Waals surface area contributed by atoms with E-state index < -0.39 is 0 Å². The molecule has 0 aliphatic rings. The lowest BCUT2D eigenvalue weighted by Crippen LogP contribution is -2.03. The fourth-order valence-corrected chi connectivity index (χ4v) is 1.71. The maximum Gasteiger partial charge on any atom is 0.204 e. The molecule has 0 unspecified atom stereocenters. The van der Waals surface area contributed by atoms with Crippen LogP contribution in [0.25, 0.3) is 0 Å². The fraction of sp³-hybridized carbons (Fsp3) is 0.231. The molecule has 3 N–H and O–H groups in total. The van der Waals surface area contributed by atoms with E-state index >= 15 is 0 Å². The van der Waals surface area contributed by atoms with Crippen molar-refractivity contribution in [3.05, 3.63) is 30.1 Å². The number of nitrogens with one attached hydrogen (secondary N) is 1. The molecule has 1 aromatic heterocycles. The van der Waals surface area contributed by atoms with Crippen molar-refractivity contribution < 1.29 is 9.47 Å². The summed E-state index contributed by atoms with van der Waals surface area (Å²) in [6.07, 6.45) is 1.39. The van der Waals surface area contributed by atoms with Crippen LogP contribution in [0, 0.1) is 6.92 Å². The first kappa shape index (κ1) is 12.9. The van der Waals surface area contributed by atoms with Crippen LogP contribution < -0.4 is 20.5 Å². The summed E-state index contributed by atoms with van der Waals surface area (Å²) in [5.74, 6) is 2.06. The number of benzene rings is 1. The van der Waals surface area contributed by atoms with E-state index in [2.05, 4.69) is 15.3 Å². The predicted molar refractivity (Wildman–Crippen MR) is 74.0 cm³/mol. The molecule has 6 heteroatoms. The highest BCUT2D eigenvalue weighted by Gasteiger charge is 2.10. The summed E-state index contributed by atoms with van der Waals surface area (Å²) in [6.45, 7) is 1.97. The van der Waals surface area contributed by atoms with Crippen molar-refractivity contribution >= 4 is 17.3 Å². The molecule has 0 bridgehead atoms. The quantitative estimate of drug-likeness (QED) is 0.876. The number of anilines is 3. The van der Waals surface area contributed by atoms with Gasteiger partial charge < -0.3 is 20.5 Å². The van der Waals surface area contributed by atoms with Gasteiger partial charge in [-0.05, 0) is 30.7 Å². The Labute approximate surface area is 111 Å². The summed E-state index contributed by atoms with van der Waals surface area (Å²) >= 11 is 0. The van der Waals surface area contributed by atoms with Gasteiger partial charge in [0.25, 0.3) is 0 Å². The number of nitrogens with two attached hydrogens (primary N) is 1. The minimum atomic E-state index is 0.297. The monoisotopic (exact) mass is 260 g/mol. The highest BCUT2D eigenvalue weighted by Crippen LogP contribution is 2.31. The average Bonchev–Trinajstić information content (AvgIpc) is 2.41. The molecule has 0 atom stereocenters. The highest BCUT2D eigenvalue weighted by molar-refractivity contribution is 5.70. The summed E-state index contributed by atoms with van der Waals surface area (Å²) in [7, 11) is 3.16. The Morgan fingerprint density at radius 1 is 1.16 bits per heavy atom. The predicted octanol–water partition coefficient (Wildman–Crippen LogP) is 2.13. The standard InChI is InChI=1S/C13H16N4O2/c1-8-6-9(18-2)4-5-10(8)17-13-11(19-3)12(14)15-7-16-13/h4-7H,1-3H3,(H3,14,15,16,17). The zero-order chi connectivity index (χ0) is 13.8. The normalized spacial score (nSPS) is 10.1. The molecule has 0 aliphatic carbocycles. The number of nitrogens with zero attached hydrogens (tertiary/aromatic N) is 2. The van der Waals surface area contributed by atoms with Gasteiger partial charge in [0, 0.05) is 5.69 Å². The number of ether oxygens (including phenoxy) is 2. The van der Waals surface area contributed by atoms with Crippen LogP contribution in [0.3, 0.4) is 0 Å². The van der Waals surface area contributed by atoms with Gasteiger partial charge in [0.2, 0.25) is 5.75 Å². The first-order valence-electron chi connectivity index (χ1n) is 5.72.